The van der Waals surface area contributed by atoms with E-state index in [0.29, 0.717) is 0 Å². The molecular weight excluding hydrogens is 228 g/mol. The monoisotopic (exact) mass is 262 g/mol. The molecule has 1 aliphatic rings. The lowest BCUT2D eigenvalue weighted by atomic mass is 10.2. The molecule has 1 aliphatic heterocycles. The first-order chi connectivity index (χ1) is 8.45. The maximum atomic E-state index is 10.5. The molecule has 0 bridgehead atoms. The van der Waals surface area contributed by atoms with Crippen LogP contribution in [0.4, 0.5) is 4.79 Å². The molecule has 0 aromatic carbocycles. The number of ether oxygens (including phenoxy) is 1. The minimum Gasteiger partial charge on any atom is -0.444 e. The average Bonchev–Trinajstić information content (AvgIpc) is 2.91. The summed E-state index contributed by atoms with van der Waals surface area (Å²) in [6.45, 7) is 16.0. The molecule has 1 fully saturated rings. The van der Waals surface area contributed by atoms with Gasteiger partial charge in [0, 0.05) is 7.05 Å². The normalized spacial score (nSPS) is 12.7. The van der Waals surface area contributed by atoms with E-state index in [9.17, 15) is 4.79 Å². The van der Waals surface area contributed by atoms with Crippen LogP contribution in [-0.4, -0.2) is 31.8 Å². The number of carbonyl (C=O) groups excluding carboxylic acids is 1. The molecule has 0 aromatic rings. The quantitative estimate of drug-likeness (QED) is 0.702. The lowest BCUT2D eigenvalue weighted by Crippen LogP contribution is -2.30. The lowest BCUT2D eigenvalue weighted by Gasteiger charge is -2.18. The highest BCUT2D eigenvalue weighted by Gasteiger charge is 2.13. The minimum atomic E-state index is -0.389. The molecule has 4 nitrogen and oxygen atoms in total. The SMILES string of the molecule is C1CCNC1.CC.CC.CNC(=O)OC(C)(C)C. The third kappa shape index (κ3) is 24.5. The van der Waals surface area contributed by atoms with Crippen LogP contribution in [-0.2, 0) is 4.74 Å². The average molecular weight is 262 g/mol. The molecule has 0 aromatic heterocycles. The van der Waals surface area contributed by atoms with Crippen LogP contribution < -0.4 is 10.6 Å². The Hall–Kier alpha value is -0.770. The minimum absolute atomic E-state index is 0.387. The van der Waals surface area contributed by atoms with Crippen molar-refractivity contribution in [3.63, 3.8) is 0 Å². The molecule has 1 heterocycles. The first-order valence-corrected chi connectivity index (χ1v) is 7.07. The van der Waals surface area contributed by atoms with Gasteiger partial charge >= 0.3 is 6.09 Å². The number of nitrogens with one attached hydrogen (secondary N) is 2. The molecule has 18 heavy (non-hydrogen) atoms. The summed E-state index contributed by atoms with van der Waals surface area (Å²) < 4.78 is 4.84. The molecule has 4 heteroatoms. The highest BCUT2D eigenvalue weighted by atomic mass is 16.6. The zero-order chi connectivity index (χ0) is 15.0. The van der Waals surface area contributed by atoms with Crippen LogP contribution >= 0.6 is 0 Å². The van der Waals surface area contributed by atoms with Crippen molar-refractivity contribution in [3.05, 3.63) is 0 Å². The molecule has 1 rings (SSSR count). The second-order valence-electron chi connectivity index (χ2n) is 4.21. The Bertz CT molecular complexity index is 154. The molecule has 112 valence electrons. The predicted molar refractivity (Wildman–Crippen MR) is 80.1 cm³/mol. The molecule has 0 spiro atoms. The third-order valence-corrected chi connectivity index (χ3v) is 1.56. The Kier molecular flexibility index (Phi) is 20.2. The maximum absolute atomic E-state index is 10.5. The molecule has 1 amide bonds. The number of alkyl carbamates (subject to hydrolysis) is 1. The van der Waals surface area contributed by atoms with Crippen LogP contribution in [0.15, 0.2) is 0 Å². The fourth-order valence-electron chi connectivity index (χ4n) is 0.954. The van der Waals surface area contributed by atoms with Gasteiger partial charge in [0.1, 0.15) is 5.60 Å². The summed E-state index contributed by atoms with van der Waals surface area (Å²) in [5.41, 5.74) is -0.389. The second kappa shape index (κ2) is 16.2. The number of hydrogen-bond donors (Lipinski definition) is 2. The van der Waals surface area contributed by atoms with Gasteiger partial charge in [-0.15, -0.1) is 0 Å². The van der Waals surface area contributed by atoms with Gasteiger partial charge in [0.15, 0.2) is 0 Å². The van der Waals surface area contributed by atoms with Crippen molar-refractivity contribution in [2.45, 2.75) is 66.9 Å². The van der Waals surface area contributed by atoms with Crippen molar-refractivity contribution in [2.24, 2.45) is 0 Å². The number of rotatable bonds is 0. The largest absolute Gasteiger partial charge is 0.444 e. The van der Waals surface area contributed by atoms with Gasteiger partial charge in [-0.2, -0.15) is 0 Å². The summed E-state index contributed by atoms with van der Waals surface area (Å²) in [6, 6.07) is 0. The smallest absolute Gasteiger partial charge is 0.407 e. The molecule has 0 atom stereocenters. The van der Waals surface area contributed by atoms with Gasteiger partial charge in [-0.3, -0.25) is 0 Å². The summed E-state index contributed by atoms with van der Waals surface area (Å²) in [5.74, 6) is 0. The zero-order valence-electron chi connectivity index (χ0n) is 13.6. The third-order valence-electron chi connectivity index (χ3n) is 1.56. The molecule has 1 saturated heterocycles. The van der Waals surface area contributed by atoms with E-state index in [2.05, 4.69) is 10.6 Å². The maximum Gasteiger partial charge on any atom is 0.407 e. The van der Waals surface area contributed by atoms with E-state index in [1.165, 1.54) is 33.0 Å². The van der Waals surface area contributed by atoms with E-state index >= 15 is 0 Å². The first kappa shape index (κ1) is 22.4. The van der Waals surface area contributed by atoms with E-state index in [-0.39, 0.29) is 11.7 Å². The molecular formula is C14H34N2O2. The highest BCUT2D eigenvalue weighted by Crippen LogP contribution is 2.05. The van der Waals surface area contributed by atoms with Gasteiger partial charge in [-0.05, 0) is 46.7 Å². The van der Waals surface area contributed by atoms with Crippen LogP contribution in [0.2, 0.25) is 0 Å². The van der Waals surface area contributed by atoms with Gasteiger partial charge in [-0.25, -0.2) is 4.79 Å². The molecule has 0 saturated carbocycles. The van der Waals surface area contributed by atoms with Crippen molar-refractivity contribution >= 4 is 6.09 Å². The topological polar surface area (TPSA) is 50.4 Å². The van der Waals surface area contributed by atoms with Crippen molar-refractivity contribution in [1.29, 1.82) is 0 Å². The van der Waals surface area contributed by atoms with Crippen molar-refractivity contribution < 1.29 is 9.53 Å². The van der Waals surface area contributed by atoms with E-state index < -0.39 is 0 Å². The molecule has 2 N–H and O–H groups in total. The van der Waals surface area contributed by atoms with Gasteiger partial charge in [0.25, 0.3) is 0 Å². The van der Waals surface area contributed by atoms with Gasteiger partial charge in [-0.1, -0.05) is 27.7 Å². The summed E-state index contributed by atoms with van der Waals surface area (Å²) >= 11 is 0. The highest BCUT2D eigenvalue weighted by molar-refractivity contribution is 5.67. The molecule has 0 aliphatic carbocycles. The van der Waals surface area contributed by atoms with E-state index in [1.54, 1.807) is 0 Å². The van der Waals surface area contributed by atoms with Crippen LogP contribution in [0.5, 0.6) is 0 Å². The summed E-state index contributed by atoms with van der Waals surface area (Å²) in [7, 11) is 1.54. The number of hydrogen-bond acceptors (Lipinski definition) is 3. The first-order valence-electron chi connectivity index (χ1n) is 7.07. The standard InChI is InChI=1S/C6H13NO2.C4H9N.2C2H6/c1-6(2,3)9-5(8)7-4;1-2-4-5-3-1;2*1-2/h1-4H3,(H,7,8);5H,1-4H2;2*1-2H3. The summed E-state index contributed by atoms with van der Waals surface area (Å²) in [5, 5.41) is 5.58. The van der Waals surface area contributed by atoms with Crippen LogP contribution in [0.1, 0.15) is 61.3 Å². The zero-order valence-corrected chi connectivity index (χ0v) is 13.6. The van der Waals surface area contributed by atoms with E-state index in [1.807, 2.05) is 48.5 Å². The van der Waals surface area contributed by atoms with Gasteiger partial charge in [0.2, 0.25) is 0 Å². The van der Waals surface area contributed by atoms with Crippen molar-refractivity contribution in [3.8, 4) is 0 Å². The molecule has 0 unspecified atom stereocenters. The lowest BCUT2D eigenvalue weighted by molar-refractivity contribution is 0.0541. The van der Waals surface area contributed by atoms with E-state index in [0.717, 1.165) is 0 Å². The molecule has 0 radical (unpaired) electrons. The van der Waals surface area contributed by atoms with Gasteiger partial charge < -0.3 is 15.4 Å². The van der Waals surface area contributed by atoms with Crippen LogP contribution in [0, 0.1) is 0 Å². The van der Waals surface area contributed by atoms with Crippen LogP contribution in [0.3, 0.4) is 0 Å². The Labute approximate surface area is 114 Å². The van der Waals surface area contributed by atoms with Crippen LogP contribution in [0.25, 0.3) is 0 Å². The second-order valence-corrected chi connectivity index (χ2v) is 4.21. The Balaban J connectivity index is -0.000000210. The number of carbonyl (C=O) groups is 1. The Morgan fingerprint density at radius 1 is 1.06 bits per heavy atom. The summed E-state index contributed by atoms with van der Waals surface area (Å²) in [6.07, 6.45) is 2.39. The number of amides is 1. The van der Waals surface area contributed by atoms with E-state index in [4.69, 9.17) is 4.74 Å². The van der Waals surface area contributed by atoms with Crippen molar-refractivity contribution in [2.75, 3.05) is 20.1 Å². The van der Waals surface area contributed by atoms with Crippen molar-refractivity contribution in [1.82, 2.24) is 10.6 Å². The fraction of sp³-hybridized carbons (Fsp3) is 0.929. The predicted octanol–water partition coefficient (Wildman–Crippen LogP) is 3.56. The Morgan fingerprint density at radius 3 is 1.56 bits per heavy atom. The fourth-order valence-corrected chi connectivity index (χ4v) is 0.954. The van der Waals surface area contributed by atoms with Gasteiger partial charge in [0.05, 0.1) is 0 Å². The Morgan fingerprint density at radius 2 is 1.44 bits per heavy atom. The summed E-state index contributed by atoms with van der Waals surface area (Å²) in [4.78, 5) is 10.5.